The van der Waals surface area contributed by atoms with E-state index in [1.165, 1.54) is 0 Å². The van der Waals surface area contributed by atoms with Crippen LogP contribution >= 0.6 is 0 Å². The number of aromatic nitrogens is 4. The average Bonchev–Trinajstić information content (AvgIpc) is 2.78. The molecule has 0 unspecified atom stereocenters. The molecule has 2 heterocycles. The van der Waals surface area contributed by atoms with Gasteiger partial charge in [0.25, 0.3) is 0 Å². The second-order valence-corrected chi connectivity index (χ2v) is 3.37. The molecule has 0 saturated carbocycles. The van der Waals surface area contributed by atoms with E-state index >= 15 is 0 Å². The number of hydrogen-bond donors (Lipinski definition) is 2. The van der Waals surface area contributed by atoms with E-state index in [0.29, 0.717) is 5.82 Å². The van der Waals surface area contributed by atoms with Crippen LogP contribution in [0, 0.1) is 0 Å². The molecule has 6 nitrogen and oxygen atoms in total. The monoisotopic (exact) mass is 218 g/mol. The molecule has 6 heteroatoms. The summed E-state index contributed by atoms with van der Waals surface area (Å²) in [5, 5.41) is 0. The third-order valence-corrected chi connectivity index (χ3v) is 2.21. The number of anilines is 1. The fourth-order valence-corrected chi connectivity index (χ4v) is 1.49. The molecule has 3 N–H and O–H groups in total. The van der Waals surface area contributed by atoms with Crippen molar-refractivity contribution in [1.82, 2.24) is 19.5 Å². The van der Waals surface area contributed by atoms with Gasteiger partial charge in [-0.15, -0.1) is 0 Å². The standard InChI is InChI=1S/C10H14N6/c1-2-3-9-13-4-5-16(9)10-7-12-6-8(14-10)15-11/h4-7H,2-3,11H2,1H3,(H,14,15). The zero-order valence-electron chi connectivity index (χ0n) is 9.09. The van der Waals surface area contributed by atoms with Crippen molar-refractivity contribution >= 4 is 5.82 Å². The average molecular weight is 218 g/mol. The number of hydrazine groups is 1. The van der Waals surface area contributed by atoms with Crippen molar-refractivity contribution in [3.63, 3.8) is 0 Å². The second-order valence-electron chi connectivity index (χ2n) is 3.37. The Morgan fingerprint density at radius 1 is 1.44 bits per heavy atom. The van der Waals surface area contributed by atoms with Crippen molar-refractivity contribution in [1.29, 1.82) is 0 Å². The molecule has 0 fully saturated rings. The van der Waals surface area contributed by atoms with Crippen molar-refractivity contribution in [2.75, 3.05) is 5.43 Å². The third kappa shape index (κ3) is 2.01. The third-order valence-electron chi connectivity index (χ3n) is 2.21. The van der Waals surface area contributed by atoms with E-state index < -0.39 is 0 Å². The lowest BCUT2D eigenvalue weighted by Crippen LogP contribution is -2.11. The zero-order valence-corrected chi connectivity index (χ0v) is 9.09. The van der Waals surface area contributed by atoms with Gasteiger partial charge in [-0.3, -0.25) is 9.55 Å². The lowest BCUT2D eigenvalue weighted by Gasteiger charge is -2.06. The van der Waals surface area contributed by atoms with E-state index in [1.807, 2.05) is 10.8 Å². The van der Waals surface area contributed by atoms with Crippen LogP contribution in [0.25, 0.3) is 5.82 Å². The van der Waals surface area contributed by atoms with Gasteiger partial charge in [0.2, 0.25) is 0 Å². The fraction of sp³-hybridized carbons (Fsp3) is 0.300. The molecule has 0 aliphatic carbocycles. The Bertz CT molecular complexity index is 464. The highest BCUT2D eigenvalue weighted by Crippen LogP contribution is 2.10. The molecule has 16 heavy (non-hydrogen) atoms. The summed E-state index contributed by atoms with van der Waals surface area (Å²) in [6.45, 7) is 2.11. The van der Waals surface area contributed by atoms with Gasteiger partial charge < -0.3 is 5.43 Å². The smallest absolute Gasteiger partial charge is 0.160 e. The molecular weight excluding hydrogens is 204 g/mol. The van der Waals surface area contributed by atoms with E-state index in [4.69, 9.17) is 5.84 Å². The fourth-order valence-electron chi connectivity index (χ4n) is 1.49. The van der Waals surface area contributed by atoms with E-state index in [9.17, 15) is 0 Å². The van der Waals surface area contributed by atoms with Gasteiger partial charge in [0.15, 0.2) is 11.6 Å². The molecule has 0 saturated heterocycles. The summed E-state index contributed by atoms with van der Waals surface area (Å²) in [7, 11) is 0. The molecule has 84 valence electrons. The SMILES string of the molecule is CCCc1nccn1-c1cncc(NN)n1. The van der Waals surface area contributed by atoms with E-state index in [1.54, 1.807) is 18.6 Å². The molecule has 0 aromatic carbocycles. The highest BCUT2D eigenvalue weighted by atomic mass is 15.3. The Labute approximate surface area is 93.5 Å². The first-order valence-corrected chi connectivity index (χ1v) is 5.16. The van der Waals surface area contributed by atoms with Crippen LogP contribution in [-0.4, -0.2) is 19.5 Å². The summed E-state index contributed by atoms with van der Waals surface area (Å²) in [6.07, 6.45) is 8.83. The quantitative estimate of drug-likeness (QED) is 0.588. The summed E-state index contributed by atoms with van der Waals surface area (Å²) in [6, 6.07) is 0. The number of imidazole rings is 1. The Kier molecular flexibility index (Phi) is 3.11. The van der Waals surface area contributed by atoms with Crippen molar-refractivity contribution in [3.8, 4) is 5.82 Å². The van der Waals surface area contributed by atoms with E-state index in [0.717, 1.165) is 24.5 Å². The van der Waals surface area contributed by atoms with E-state index in [2.05, 4.69) is 27.3 Å². The minimum atomic E-state index is 0.536. The normalized spacial score (nSPS) is 10.4. The zero-order chi connectivity index (χ0) is 11.4. The molecule has 2 rings (SSSR count). The first-order chi connectivity index (χ1) is 7.85. The highest BCUT2D eigenvalue weighted by Gasteiger charge is 2.05. The number of nitrogens with zero attached hydrogens (tertiary/aromatic N) is 4. The molecule has 0 aliphatic rings. The summed E-state index contributed by atoms with van der Waals surface area (Å²) in [5.74, 6) is 7.52. The number of nitrogens with two attached hydrogens (primary N) is 1. The van der Waals surface area contributed by atoms with Gasteiger partial charge in [-0.05, 0) is 6.42 Å². The van der Waals surface area contributed by atoms with Crippen molar-refractivity contribution in [2.24, 2.45) is 5.84 Å². The molecule has 0 bridgehead atoms. The maximum Gasteiger partial charge on any atom is 0.160 e. The number of aryl methyl sites for hydroxylation is 1. The van der Waals surface area contributed by atoms with Gasteiger partial charge in [-0.25, -0.2) is 15.8 Å². The maximum absolute atomic E-state index is 5.29. The summed E-state index contributed by atoms with van der Waals surface area (Å²) >= 11 is 0. The molecular formula is C10H14N6. The molecule has 2 aromatic rings. The van der Waals surface area contributed by atoms with Crippen LogP contribution in [0.4, 0.5) is 5.82 Å². The predicted molar refractivity (Wildman–Crippen MR) is 61.0 cm³/mol. The summed E-state index contributed by atoms with van der Waals surface area (Å²) < 4.78 is 1.91. The van der Waals surface area contributed by atoms with Crippen molar-refractivity contribution < 1.29 is 0 Å². The van der Waals surface area contributed by atoms with Gasteiger partial charge in [0.05, 0.1) is 12.4 Å². The minimum absolute atomic E-state index is 0.536. The Balaban J connectivity index is 2.37. The van der Waals surface area contributed by atoms with Gasteiger partial charge in [-0.2, -0.15) is 0 Å². The Hall–Kier alpha value is -1.95. The van der Waals surface area contributed by atoms with E-state index in [-0.39, 0.29) is 0 Å². The molecule has 0 atom stereocenters. The lowest BCUT2D eigenvalue weighted by molar-refractivity contribution is 0.795. The minimum Gasteiger partial charge on any atom is -0.307 e. The molecule has 2 aromatic heterocycles. The van der Waals surface area contributed by atoms with Gasteiger partial charge >= 0.3 is 0 Å². The van der Waals surface area contributed by atoms with Crippen molar-refractivity contribution in [2.45, 2.75) is 19.8 Å². The number of hydrogen-bond acceptors (Lipinski definition) is 5. The largest absolute Gasteiger partial charge is 0.307 e. The Morgan fingerprint density at radius 2 is 2.31 bits per heavy atom. The Morgan fingerprint density at radius 3 is 3.06 bits per heavy atom. The molecule has 0 amide bonds. The van der Waals surface area contributed by atoms with Crippen LogP contribution in [0.1, 0.15) is 19.2 Å². The molecule has 0 aliphatic heterocycles. The topological polar surface area (TPSA) is 81.7 Å². The lowest BCUT2D eigenvalue weighted by atomic mass is 10.3. The first-order valence-electron chi connectivity index (χ1n) is 5.16. The number of nitrogen functional groups attached to an aromatic ring is 1. The van der Waals surface area contributed by atoms with Gasteiger partial charge in [-0.1, -0.05) is 6.92 Å². The van der Waals surface area contributed by atoms with Crippen LogP contribution in [0.15, 0.2) is 24.8 Å². The molecule has 0 spiro atoms. The maximum atomic E-state index is 5.29. The van der Waals surface area contributed by atoms with Crippen LogP contribution < -0.4 is 11.3 Å². The van der Waals surface area contributed by atoms with Crippen LogP contribution in [0.5, 0.6) is 0 Å². The summed E-state index contributed by atoms with van der Waals surface area (Å²) in [4.78, 5) is 12.6. The number of rotatable bonds is 4. The summed E-state index contributed by atoms with van der Waals surface area (Å²) in [5.41, 5.74) is 2.47. The van der Waals surface area contributed by atoms with Crippen molar-refractivity contribution in [3.05, 3.63) is 30.6 Å². The second kappa shape index (κ2) is 4.71. The van der Waals surface area contributed by atoms with Gasteiger partial charge in [0.1, 0.15) is 5.82 Å². The van der Waals surface area contributed by atoms with Crippen LogP contribution in [-0.2, 0) is 6.42 Å². The highest BCUT2D eigenvalue weighted by molar-refractivity contribution is 5.35. The predicted octanol–water partition coefficient (Wildman–Crippen LogP) is 0.900. The first kappa shape index (κ1) is 10.6. The molecule has 0 radical (unpaired) electrons. The van der Waals surface area contributed by atoms with Crippen LogP contribution in [0.3, 0.4) is 0 Å². The van der Waals surface area contributed by atoms with Crippen LogP contribution in [0.2, 0.25) is 0 Å². The number of nitrogens with one attached hydrogen (secondary N) is 1. The van der Waals surface area contributed by atoms with Gasteiger partial charge in [0, 0.05) is 18.8 Å².